The first-order valence-corrected chi connectivity index (χ1v) is 7.10. The third-order valence-electron chi connectivity index (χ3n) is 3.50. The fourth-order valence-electron chi connectivity index (χ4n) is 2.33. The van der Waals surface area contributed by atoms with Crippen molar-refractivity contribution in [2.75, 3.05) is 18.1 Å². The second kappa shape index (κ2) is 5.23. The molecule has 1 amide bonds. The molecule has 0 aromatic heterocycles. The summed E-state index contributed by atoms with van der Waals surface area (Å²) in [5.74, 6) is -0.0884. The first kappa shape index (κ1) is 14.5. The highest BCUT2D eigenvalue weighted by atomic mass is 79.9. The van der Waals surface area contributed by atoms with E-state index in [-0.39, 0.29) is 18.1 Å². The van der Waals surface area contributed by atoms with Gasteiger partial charge in [0.1, 0.15) is 6.04 Å². The highest BCUT2D eigenvalue weighted by Crippen LogP contribution is 2.30. The number of rotatable bonds is 2. The normalized spacial score (nSPS) is 22.7. The number of nitrogens with one attached hydrogen (secondary N) is 1. The van der Waals surface area contributed by atoms with E-state index in [1.165, 1.54) is 0 Å². The Hall–Kier alpha value is -0.910. The molecule has 1 saturated heterocycles. The van der Waals surface area contributed by atoms with Gasteiger partial charge in [0.15, 0.2) is 0 Å². The molecule has 0 bridgehead atoms. The number of hydrogen-bond acceptors (Lipinski definition) is 3. The number of halogens is 1. The van der Waals surface area contributed by atoms with Crippen molar-refractivity contribution < 1.29 is 9.90 Å². The molecular weight excluding hydrogens is 308 g/mol. The highest BCUT2D eigenvalue weighted by molar-refractivity contribution is 9.10. The van der Waals surface area contributed by atoms with Gasteiger partial charge in [-0.15, -0.1) is 0 Å². The van der Waals surface area contributed by atoms with Crippen molar-refractivity contribution >= 4 is 27.5 Å². The maximum absolute atomic E-state index is 12.5. The zero-order valence-corrected chi connectivity index (χ0v) is 13.0. The molecule has 0 saturated carbocycles. The van der Waals surface area contributed by atoms with Gasteiger partial charge in [0.2, 0.25) is 5.91 Å². The van der Waals surface area contributed by atoms with Gasteiger partial charge in [-0.05, 0) is 38.5 Å². The molecule has 0 aliphatic carbocycles. The summed E-state index contributed by atoms with van der Waals surface area (Å²) in [6.07, 6.45) is 0. The van der Waals surface area contributed by atoms with Gasteiger partial charge in [-0.3, -0.25) is 4.79 Å². The molecule has 4 nitrogen and oxygen atoms in total. The Kier molecular flexibility index (Phi) is 3.99. The first-order valence-electron chi connectivity index (χ1n) is 6.31. The van der Waals surface area contributed by atoms with Gasteiger partial charge >= 0.3 is 0 Å². The summed E-state index contributed by atoms with van der Waals surface area (Å²) in [5, 5.41) is 12.4. The third-order valence-corrected chi connectivity index (χ3v) is 4.36. The predicted octanol–water partition coefficient (Wildman–Crippen LogP) is 1.83. The number of benzene rings is 1. The molecule has 1 atom stereocenters. The van der Waals surface area contributed by atoms with Gasteiger partial charge in [-0.25, -0.2) is 0 Å². The van der Waals surface area contributed by atoms with Crippen molar-refractivity contribution in [3.05, 3.63) is 28.2 Å². The van der Waals surface area contributed by atoms with Gasteiger partial charge in [-0.1, -0.05) is 22.0 Å². The van der Waals surface area contributed by atoms with Crippen LogP contribution in [0.2, 0.25) is 0 Å². The molecule has 19 heavy (non-hydrogen) atoms. The Labute approximate surface area is 121 Å². The number of anilines is 1. The maximum Gasteiger partial charge on any atom is 0.247 e. The zero-order valence-electron chi connectivity index (χ0n) is 11.4. The second-order valence-electron chi connectivity index (χ2n) is 5.54. The van der Waals surface area contributed by atoms with E-state index in [0.717, 1.165) is 15.7 Å². The van der Waals surface area contributed by atoms with E-state index in [2.05, 4.69) is 21.2 Å². The van der Waals surface area contributed by atoms with Crippen LogP contribution in [0.5, 0.6) is 0 Å². The van der Waals surface area contributed by atoms with Crippen LogP contribution in [0, 0.1) is 6.92 Å². The Bertz CT molecular complexity index is 502. The quantitative estimate of drug-likeness (QED) is 0.871. The SMILES string of the molecule is Cc1ccc(N2C(=O)C(CO)NCC2(C)C)cc1Br. The minimum atomic E-state index is -0.520. The molecule has 0 radical (unpaired) electrons. The highest BCUT2D eigenvalue weighted by Gasteiger charge is 2.40. The molecule has 104 valence electrons. The Balaban J connectivity index is 2.43. The number of carbonyl (C=O) groups is 1. The molecule has 1 unspecified atom stereocenters. The van der Waals surface area contributed by atoms with Crippen LogP contribution in [0.4, 0.5) is 5.69 Å². The number of amides is 1. The maximum atomic E-state index is 12.5. The van der Waals surface area contributed by atoms with Gasteiger partial charge in [0, 0.05) is 16.7 Å². The van der Waals surface area contributed by atoms with Crippen LogP contribution >= 0.6 is 15.9 Å². The summed E-state index contributed by atoms with van der Waals surface area (Å²) < 4.78 is 0.979. The summed E-state index contributed by atoms with van der Waals surface area (Å²) in [6, 6.07) is 5.36. The number of piperazine rings is 1. The molecule has 1 aromatic carbocycles. The molecule has 0 spiro atoms. The standard InChI is InChI=1S/C14H19BrN2O2/c1-9-4-5-10(6-11(9)15)17-13(19)12(7-18)16-8-14(17,2)3/h4-6,12,16,18H,7-8H2,1-3H3. The molecule has 1 fully saturated rings. The lowest BCUT2D eigenvalue weighted by Gasteiger charge is -2.45. The van der Waals surface area contributed by atoms with Crippen molar-refractivity contribution in [1.82, 2.24) is 5.32 Å². The summed E-state index contributed by atoms with van der Waals surface area (Å²) in [6.45, 7) is 6.50. The first-order chi connectivity index (χ1) is 8.86. The van der Waals surface area contributed by atoms with Crippen LogP contribution in [0.25, 0.3) is 0 Å². The molecule has 1 aliphatic rings. The van der Waals surface area contributed by atoms with Crippen molar-refractivity contribution in [3.8, 4) is 0 Å². The molecule has 1 aromatic rings. The van der Waals surface area contributed by atoms with Crippen LogP contribution < -0.4 is 10.2 Å². The van der Waals surface area contributed by atoms with E-state index >= 15 is 0 Å². The molecular formula is C14H19BrN2O2. The van der Waals surface area contributed by atoms with Crippen LogP contribution in [0.3, 0.4) is 0 Å². The van der Waals surface area contributed by atoms with E-state index < -0.39 is 6.04 Å². The molecule has 2 N–H and O–H groups in total. The van der Waals surface area contributed by atoms with Crippen LogP contribution in [-0.4, -0.2) is 35.7 Å². The fourth-order valence-corrected chi connectivity index (χ4v) is 2.70. The number of carbonyl (C=O) groups excluding carboxylic acids is 1. The zero-order chi connectivity index (χ0) is 14.2. The lowest BCUT2D eigenvalue weighted by atomic mass is 9.95. The topological polar surface area (TPSA) is 52.6 Å². The smallest absolute Gasteiger partial charge is 0.247 e. The van der Waals surface area contributed by atoms with Crippen molar-refractivity contribution in [2.45, 2.75) is 32.4 Å². The average molecular weight is 327 g/mol. The fraction of sp³-hybridized carbons (Fsp3) is 0.500. The van der Waals surface area contributed by atoms with Gasteiger partial charge < -0.3 is 15.3 Å². The second-order valence-corrected chi connectivity index (χ2v) is 6.39. The van der Waals surface area contributed by atoms with Gasteiger partial charge in [0.05, 0.1) is 12.1 Å². The lowest BCUT2D eigenvalue weighted by molar-refractivity contribution is -0.124. The molecule has 5 heteroatoms. The number of aliphatic hydroxyl groups excluding tert-OH is 1. The van der Waals surface area contributed by atoms with Crippen LogP contribution in [-0.2, 0) is 4.79 Å². The summed E-state index contributed by atoms with van der Waals surface area (Å²) in [4.78, 5) is 14.2. The Morgan fingerprint density at radius 1 is 1.53 bits per heavy atom. The van der Waals surface area contributed by atoms with Crippen LogP contribution in [0.15, 0.2) is 22.7 Å². The number of hydrogen-bond donors (Lipinski definition) is 2. The molecule has 1 heterocycles. The third kappa shape index (κ3) is 2.68. The molecule has 1 aliphatic heterocycles. The van der Waals surface area contributed by atoms with E-state index in [1.807, 2.05) is 39.0 Å². The number of aryl methyl sites for hydroxylation is 1. The van der Waals surface area contributed by atoms with E-state index in [4.69, 9.17) is 0 Å². The van der Waals surface area contributed by atoms with Crippen LogP contribution in [0.1, 0.15) is 19.4 Å². The summed E-state index contributed by atoms with van der Waals surface area (Å²) in [7, 11) is 0. The monoisotopic (exact) mass is 326 g/mol. The van der Waals surface area contributed by atoms with E-state index in [0.29, 0.717) is 6.54 Å². The lowest BCUT2D eigenvalue weighted by Crippen LogP contribution is -2.66. The number of aliphatic hydroxyl groups is 1. The van der Waals surface area contributed by atoms with Crippen molar-refractivity contribution in [1.29, 1.82) is 0 Å². The van der Waals surface area contributed by atoms with Crippen molar-refractivity contribution in [2.24, 2.45) is 0 Å². The summed E-state index contributed by atoms with van der Waals surface area (Å²) >= 11 is 3.50. The van der Waals surface area contributed by atoms with Crippen molar-refractivity contribution in [3.63, 3.8) is 0 Å². The number of nitrogens with zero attached hydrogens (tertiary/aromatic N) is 1. The minimum absolute atomic E-state index is 0.0884. The molecule has 2 rings (SSSR count). The van der Waals surface area contributed by atoms with E-state index in [1.54, 1.807) is 4.90 Å². The summed E-state index contributed by atoms with van der Waals surface area (Å²) in [5.41, 5.74) is 1.66. The Morgan fingerprint density at radius 3 is 2.79 bits per heavy atom. The predicted molar refractivity (Wildman–Crippen MR) is 79.3 cm³/mol. The largest absolute Gasteiger partial charge is 0.394 e. The minimum Gasteiger partial charge on any atom is -0.394 e. The van der Waals surface area contributed by atoms with Gasteiger partial charge in [-0.2, -0.15) is 0 Å². The average Bonchev–Trinajstić information content (AvgIpc) is 2.33. The Morgan fingerprint density at radius 2 is 2.21 bits per heavy atom. The van der Waals surface area contributed by atoms with E-state index in [9.17, 15) is 9.90 Å². The van der Waals surface area contributed by atoms with Gasteiger partial charge in [0.25, 0.3) is 0 Å².